The Kier molecular flexibility index (Phi) is 5.93. The van der Waals surface area contributed by atoms with E-state index in [0.717, 1.165) is 9.87 Å². The molecule has 0 aliphatic heterocycles. The number of rotatable bonds is 6. The molecular formula is C20H23NO3S. The van der Waals surface area contributed by atoms with Crippen molar-refractivity contribution in [2.75, 3.05) is 14.1 Å². The average Bonchev–Trinajstić information content (AvgIpc) is 2.60. The van der Waals surface area contributed by atoms with Crippen molar-refractivity contribution < 1.29 is 13.2 Å². The van der Waals surface area contributed by atoms with Crippen LogP contribution in [0.25, 0.3) is 6.08 Å². The molecule has 0 N–H and O–H groups in total. The van der Waals surface area contributed by atoms with Gasteiger partial charge < -0.3 is 0 Å². The highest BCUT2D eigenvalue weighted by molar-refractivity contribution is 7.89. The number of allylic oxidation sites excluding steroid dienone is 1. The Morgan fingerprint density at radius 2 is 1.52 bits per heavy atom. The first-order chi connectivity index (χ1) is 11.7. The maximum absolute atomic E-state index is 12.2. The van der Waals surface area contributed by atoms with Crippen molar-refractivity contribution in [3.05, 3.63) is 71.3 Å². The SMILES string of the molecule is CC(C)c1ccc(C=CC(=O)c2ccc(S(=O)(=O)N(C)C)cc2)cc1. The third kappa shape index (κ3) is 4.65. The van der Waals surface area contributed by atoms with Gasteiger partial charge in [-0.25, -0.2) is 12.7 Å². The molecule has 0 radical (unpaired) electrons. The lowest BCUT2D eigenvalue weighted by atomic mass is 10.0. The Hall–Kier alpha value is -2.24. The van der Waals surface area contributed by atoms with Gasteiger partial charge in [0.25, 0.3) is 0 Å². The molecular weight excluding hydrogens is 334 g/mol. The van der Waals surface area contributed by atoms with Crippen LogP contribution in [0, 0.1) is 0 Å². The molecule has 0 unspecified atom stereocenters. The third-order valence-corrected chi connectivity index (χ3v) is 5.78. The molecule has 0 heterocycles. The lowest BCUT2D eigenvalue weighted by molar-refractivity contribution is 0.104. The lowest BCUT2D eigenvalue weighted by Gasteiger charge is -2.11. The Morgan fingerprint density at radius 3 is 2.00 bits per heavy atom. The Balaban J connectivity index is 2.13. The fourth-order valence-electron chi connectivity index (χ4n) is 2.26. The summed E-state index contributed by atoms with van der Waals surface area (Å²) in [6.45, 7) is 4.27. The predicted molar refractivity (Wildman–Crippen MR) is 101 cm³/mol. The van der Waals surface area contributed by atoms with Gasteiger partial charge in [0.1, 0.15) is 0 Å². The number of benzene rings is 2. The number of ketones is 1. The number of nitrogens with zero attached hydrogens (tertiary/aromatic N) is 1. The average molecular weight is 357 g/mol. The van der Waals surface area contributed by atoms with Crippen LogP contribution in [0.2, 0.25) is 0 Å². The number of hydrogen-bond donors (Lipinski definition) is 0. The second-order valence-electron chi connectivity index (χ2n) is 6.33. The molecule has 2 aromatic rings. The summed E-state index contributed by atoms with van der Waals surface area (Å²) in [7, 11) is -0.534. The zero-order valence-corrected chi connectivity index (χ0v) is 15.7. The van der Waals surface area contributed by atoms with Gasteiger partial charge in [0.2, 0.25) is 10.0 Å². The molecule has 4 nitrogen and oxygen atoms in total. The first-order valence-corrected chi connectivity index (χ1v) is 9.51. The molecule has 0 atom stereocenters. The fourth-order valence-corrected chi connectivity index (χ4v) is 3.16. The summed E-state index contributed by atoms with van der Waals surface area (Å²) in [5.41, 5.74) is 2.65. The molecule has 0 saturated heterocycles. The van der Waals surface area contributed by atoms with Crippen LogP contribution in [0.1, 0.15) is 41.3 Å². The first kappa shape index (κ1) is 19.1. The molecule has 0 aliphatic rings. The quantitative estimate of drug-likeness (QED) is 0.581. The second kappa shape index (κ2) is 7.76. The van der Waals surface area contributed by atoms with Gasteiger partial charge in [-0.15, -0.1) is 0 Å². The van der Waals surface area contributed by atoms with E-state index in [0.29, 0.717) is 11.5 Å². The van der Waals surface area contributed by atoms with Gasteiger partial charge in [0, 0.05) is 19.7 Å². The van der Waals surface area contributed by atoms with Gasteiger partial charge in [-0.1, -0.05) is 44.2 Å². The molecule has 2 rings (SSSR count). The van der Waals surface area contributed by atoms with Crippen LogP contribution in [-0.4, -0.2) is 32.6 Å². The number of hydrogen-bond acceptors (Lipinski definition) is 3. The highest BCUT2D eigenvalue weighted by Gasteiger charge is 2.17. The minimum Gasteiger partial charge on any atom is -0.289 e. The van der Waals surface area contributed by atoms with Gasteiger partial charge in [-0.2, -0.15) is 0 Å². The zero-order chi connectivity index (χ0) is 18.6. The molecule has 0 bridgehead atoms. The lowest BCUT2D eigenvalue weighted by Crippen LogP contribution is -2.22. The van der Waals surface area contributed by atoms with E-state index >= 15 is 0 Å². The van der Waals surface area contributed by atoms with Gasteiger partial charge >= 0.3 is 0 Å². The Labute approximate surface area is 149 Å². The Bertz CT molecular complexity index is 862. The molecule has 0 aliphatic carbocycles. The van der Waals surface area contributed by atoms with Crippen molar-refractivity contribution in [3.63, 3.8) is 0 Å². The molecule has 0 saturated carbocycles. The van der Waals surface area contributed by atoms with Crippen molar-refractivity contribution in [1.82, 2.24) is 4.31 Å². The zero-order valence-electron chi connectivity index (χ0n) is 14.9. The summed E-state index contributed by atoms with van der Waals surface area (Å²) in [6.07, 6.45) is 3.26. The molecule has 2 aromatic carbocycles. The standard InChI is InChI=1S/C20H23NO3S/c1-15(2)17-8-5-16(6-9-17)7-14-20(22)18-10-12-19(13-11-18)25(23,24)21(3)4/h5-15H,1-4H3. The van der Waals surface area contributed by atoms with Crippen LogP contribution in [0.4, 0.5) is 0 Å². The highest BCUT2D eigenvalue weighted by atomic mass is 32.2. The summed E-state index contributed by atoms with van der Waals surface area (Å²) >= 11 is 0. The highest BCUT2D eigenvalue weighted by Crippen LogP contribution is 2.17. The van der Waals surface area contributed by atoms with E-state index in [1.54, 1.807) is 6.08 Å². The second-order valence-corrected chi connectivity index (χ2v) is 8.48. The smallest absolute Gasteiger partial charge is 0.242 e. The van der Waals surface area contributed by atoms with E-state index < -0.39 is 10.0 Å². The number of sulfonamides is 1. The van der Waals surface area contributed by atoms with Gasteiger partial charge in [-0.05, 0) is 47.4 Å². The molecule has 0 spiro atoms. The van der Waals surface area contributed by atoms with Crippen LogP contribution in [-0.2, 0) is 10.0 Å². The normalized spacial score (nSPS) is 12.2. The van der Waals surface area contributed by atoms with Crippen molar-refractivity contribution in [2.24, 2.45) is 0 Å². The summed E-state index contributed by atoms with van der Waals surface area (Å²) in [5, 5.41) is 0. The molecule has 0 fully saturated rings. The van der Waals surface area contributed by atoms with Crippen LogP contribution in [0.5, 0.6) is 0 Å². The van der Waals surface area contributed by atoms with Crippen molar-refractivity contribution in [3.8, 4) is 0 Å². The van der Waals surface area contributed by atoms with E-state index in [-0.39, 0.29) is 10.7 Å². The minimum atomic E-state index is -3.48. The maximum atomic E-state index is 12.2. The Morgan fingerprint density at radius 1 is 0.960 bits per heavy atom. The van der Waals surface area contributed by atoms with Crippen LogP contribution < -0.4 is 0 Å². The van der Waals surface area contributed by atoms with Crippen LogP contribution in [0.15, 0.2) is 59.5 Å². The largest absolute Gasteiger partial charge is 0.289 e. The molecule has 132 valence electrons. The summed E-state index contributed by atoms with van der Waals surface area (Å²) in [6, 6.07) is 14.0. The van der Waals surface area contributed by atoms with Gasteiger partial charge in [0.15, 0.2) is 5.78 Å². The van der Waals surface area contributed by atoms with E-state index in [1.807, 2.05) is 12.1 Å². The molecule has 25 heavy (non-hydrogen) atoms. The van der Waals surface area contributed by atoms with Gasteiger partial charge in [0.05, 0.1) is 4.90 Å². The van der Waals surface area contributed by atoms with Crippen molar-refractivity contribution in [1.29, 1.82) is 0 Å². The monoisotopic (exact) mass is 357 g/mol. The summed E-state index contributed by atoms with van der Waals surface area (Å²) in [5.74, 6) is 0.304. The van der Waals surface area contributed by atoms with E-state index in [9.17, 15) is 13.2 Å². The fraction of sp³-hybridized carbons (Fsp3) is 0.250. The predicted octanol–water partition coefficient (Wildman–Crippen LogP) is 3.96. The minimum absolute atomic E-state index is 0.165. The van der Waals surface area contributed by atoms with Crippen molar-refractivity contribution in [2.45, 2.75) is 24.7 Å². The van der Waals surface area contributed by atoms with E-state index in [4.69, 9.17) is 0 Å². The molecule has 0 amide bonds. The third-order valence-electron chi connectivity index (χ3n) is 3.95. The first-order valence-electron chi connectivity index (χ1n) is 8.07. The molecule has 0 aromatic heterocycles. The van der Waals surface area contributed by atoms with Crippen molar-refractivity contribution >= 4 is 21.9 Å². The topological polar surface area (TPSA) is 54.5 Å². The maximum Gasteiger partial charge on any atom is 0.242 e. The van der Waals surface area contributed by atoms with Crippen LogP contribution in [0.3, 0.4) is 0 Å². The van der Waals surface area contributed by atoms with Crippen LogP contribution >= 0.6 is 0 Å². The number of carbonyl (C=O) groups is 1. The van der Waals surface area contributed by atoms with Gasteiger partial charge in [-0.3, -0.25) is 4.79 Å². The molecule has 5 heteroatoms. The van der Waals surface area contributed by atoms with E-state index in [2.05, 4.69) is 26.0 Å². The number of carbonyl (C=O) groups excluding carboxylic acids is 1. The summed E-state index contributed by atoms with van der Waals surface area (Å²) < 4.78 is 25.2. The van der Waals surface area contributed by atoms with E-state index in [1.165, 1.54) is 50.0 Å². The summed E-state index contributed by atoms with van der Waals surface area (Å²) in [4.78, 5) is 12.4.